The minimum absolute atomic E-state index is 0.162. The molecular weight excluding hydrogens is 469 g/mol. The minimum atomic E-state index is -0.964. The number of anilines is 1. The molecule has 0 aliphatic carbocycles. The average Bonchev–Trinajstić information content (AvgIpc) is 2.79. The number of benzene rings is 3. The molecule has 0 bridgehead atoms. The largest absolute Gasteiger partial charge is 0.497 e. The van der Waals surface area contributed by atoms with Crippen LogP contribution < -0.4 is 20.2 Å². The second-order valence-corrected chi connectivity index (χ2v) is 7.32. The second kappa shape index (κ2) is 11.1. The number of methoxy groups -OCH3 is 1. The van der Waals surface area contributed by atoms with E-state index in [-0.39, 0.29) is 16.3 Å². The highest BCUT2D eigenvalue weighted by Gasteiger charge is 2.14. The van der Waals surface area contributed by atoms with Crippen molar-refractivity contribution in [2.75, 3.05) is 12.4 Å². The summed E-state index contributed by atoms with van der Waals surface area (Å²) in [5, 5.41) is 6.76. The third-order valence-electron chi connectivity index (χ3n) is 4.13. The predicted octanol–water partition coefficient (Wildman–Crippen LogP) is 4.31. The van der Waals surface area contributed by atoms with Crippen molar-refractivity contribution in [3.63, 3.8) is 0 Å². The van der Waals surface area contributed by atoms with Gasteiger partial charge in [0.15, 0.2) is 0 Å². The molecule has 0 atom stereocenters. The van der Waals surface area contributed by atoms with E-state index in [0.717, 1.165) is 0 Å². The Morgan fingerprint density at radius 1 is 0.909 bits per heavy atom. The molecule has 2 amide bonds. The van der Waals surface area contributed by atoms with E-state index < -0.39 is 17.8 Å². The fourth-order valence-corrected chi connectivity index (χ4v) is 3.07. The number of hydrogen-bond donors (Lipinski definition) is 2. The number of amides is 2. The monoisotopic (exact) mass is 485 g/mol. The van der Waals surface area contributed by atoms with Crippen LogP contribution in [0.4, 0.5) is 5.69 Å². The lowest BCUT2D eigenvalue weighted by molar-refractivity contribution is -0.136. The summed E-state index contributed by atoms with van der Waals surface area (Å²) in [6.45, 7) is 0. The molecule has 0 aliphatic rings. The Balaban J connectivity index is 1.58. The smallest absolute Gasteiger partial charge is 0.345 e. The highest BCUT2D eigenvalue weighted by atomic mass is 35.5. The van der Waals surface area contributed by atoms with Crippen LogP contribution in [0, 0.1) is 0 Å². The number of nitrogens with zero attached hydrogens (tertiary/aromatic N) is 1. The summed E-state index contributed by atoms with van der Waals surface area (Å²) in [4.78, 5) is 36.3. The van der Waals surface area contributed by atoms with Crippen LogP contribution in [0.2, 0.25) is 10.0 Å². The van der Waals surface area contributed by atoms with Crippen molar-refractivity contribution in [3.05, 3.63) is 87.9 Å². The first kappa shape index (κ1) is 23.8. The molecule has 8 nitrogen and oxygen atoms in total. The Labute approximate surface area is 199 Å². The van der Waals surface area contributed by atoms with Crippen molar-refractivity contribution < 1.29 is 23.9 Å². The summed E-state index contributed by atoms with van der Waals surface area (Å²) >= 11 is 11.9. The lowest BCUT2D eigenvalue weighted by Gasteiger charge is -2.07. The molecule has 2 N–H and O–H groups in total. The topological polar surface area (TPSA) is 106 Å². The van der Waals surface area contributed by atoms with Crippen molar-refractivity contribution in [1.82, 2.24) is 5.43 Å². The highest BCUT2D eigenvalue weighted by Crippen LogP contribution is 2.23. The van der Waals surface area contributed by atoms with Gasteiger partial charge in [-0.05, 0) is 48.0 Å². The van der Waals surface area contributed by atoms with Gasteiger partial charge in [-0.1, -0.05) is 41.4 Å². The molecule has 0 aromatic heterocycles. The maximum absolute atomic E-state index is 12.3. The van der Waals surface area contributed by atoms with Gasteiger partial charge >= 0.3 is 17.8 Å². The number of carbonyl (C=O) groups is 3. The van der Waals surface area contributed by atoms with Crippen LogP contribution in [0.25, 0.3) is 0 Å². The predicted molar refractivity (Wildman–Crippen MR) is 125 cm³/mol. The molecule has 0 radical (unpaired) electrons. The van der Waals surface area contributed by atoms with Gasteiger partial charge in [0.1, 0.15) is 11.5 Å². The molecule has 33 heavy (non-hydrogen) atoms. The fourth-order valence-electron chi connectivity index (χ4n) is 2.58. The molecule has 0 spiro atoms. The van der Waals surface area contributed by atoms with E-state index in [1.807, 2.05) is 0 Å². The van der Waals surface area contributed by atoms with Gasteiger partial charge in [0, 0.05) is 16.8 Å². The Morgan fingerprint density at radius 3 is 2.42 bits per heavy atom. The number of halogens is 2. The van der Waals surface area contributed by atoms with E-state index in [9.17, 15) is 14.4 Å². The first-order valence-electron chi connectivity index (χ1n) is 9.41. The number of hydrogen-bond acceptors (Lipinski definition) is 6. The summed E-state index contributed by atoms with van der Waals surface area (Å²) in [6.07, 6.45) is 1.29. The van der Waals surface area contributed by atoms with Crippen LogP contribution in [0.3, 0.4) is 0 Å². The standard InChI is InChI=1S/C23H17Cl2N3O5/c1-32-17-6-3-5-16(12-17)27-21(29)22(30)28-26-13-14-4-2-7-18(10-14)33-23(31)19-9-8-15(24)11-20(19)25/h2-13H,1H3,(H,27,29)(H,28,30)/b26-13+. The van der Waals surface area contributed by atoms with Crippen LogP contribution in [-0.2, 0) is 9.59 Å². The van der Waals surface area contributed by atoms with Gasteiger partial charge in [0.2, 0.25) is 0 Å². The molecule has 3 aromatic carbocycles. The Kier molecular flexibility index (Phi) is 8.01. The molecule has 10 heteroatoms. The zero-order valence-corrected chi connectivity index (χ0v) is 18.7. The van der Waals surface area contributed by atoms with Gasteiger partial charge in [0.25, 0.3) is 0 Å². The maximum atomic E-state index is 12.3. The SMILES string of the molecule is COc1cccc(NC(=O)C(=O)N/N=C/c2cccc(OC(=O)c3ccc(Cl)cc3Cl)c2)c1. The molecule has 0 saturated heterocycles. The number of ether oxygens (including phenoxy) is 2. The normalized spacial score (nSPS) is 10.5. The van der Waals surface area contributed by atoms with Crippen LogP contribution in [-0.4, -0.2) is 31.1 Å². The number of rotatable bonds is 6. The summed E-state index contributed by atoms with van der Waals surface area (Å²) < 4.78 is 10.4. The number of carbonyl (C=O) groups excluding carboxylic acids is 3. The molecule has 0 heterocycles. The van der Waals surface area contributed by atoms with Crippen molar-refractivity contribution in [2.24, 2.45) is 5.10 Å². The first-order chi connectivity index (χ1) is 15.9. The van der Waals surface area contributed by atoms with Crippen molar-refractivity contribution in [2.45, 2.75) is 0 Å². The summed E-state index contributed by atoms with van der Waals surface area (Å²) in [5.41, 5.74) is 3.20. The molecule has 3 aromatic rings. The molecule has 0 aliphatic heterocycles. The number of hydrazone groups is 1. The lowest BCUT2D eigenvalue weighted by Crippen LogP contribution is -2.32. The van der Waals surface area contributed by atoms with E-state index in [4.69, 9.17) is 32.7 Å². The maximum Gasteiger partial charge on any atom is 0.345 e. The molecule has 0 saturated carbocycles. The molecule has 0 unspecified atom stereocenters. The quantitative estimate of drug-likeness (QED) is 0.178. The average molecular weight is 486 g/mol. The molecule has 168 valence electrons. The van der Waals surface area contributed by atoms with Crippen molar-refractivity contribution in [3.8, 4) is 11.5 Å². The van der Waals surface area contributed by atoms with E-state index >= 15 is 0 Å². The summed E-state index contributed by atoms with van der Waals surface area (Å²) in [5.74, 6) is -1.76. The number of esters is 1. The van der Waals surface area contributed by atoms with Crippen molar-refractivity contribution in [1.29, 1.82) is 0 Å². The van der Waals surface area contributed by atoms with E-state index in [1.54, 1.807) is 42.5 Å². The summed E-state index contributed by atoms with van der Waals surface area (Å²) in [6, 6.07) is 17.4. The van der Waals surface area contributed by atoms with Gasteiger partial charge in [-0.2, -0.15) is 5.10 Å². The van der Waals surface area contributed by atoms with E-state index in [1.165, 1.54) is 37.6 Å². The molecular formula is C23H17Cl2N3O5. The van der Waals surface area contributed by atoms with Crippen LogP contribution in [0.5, 0.6) is 11.5 Å². The highest BCUT2D eigenvalue weighted by molar-refractivity contribution is 6.39. The van der Waals surface area contributed by atoms with E-state index in [0.29, 0.717) is 22.0 Å². The first-order valence-corrected chi connectivity index (χ1v) is 10.2. The Bertz CT molecular complexity index is 1230. The second-order valence-electron chi connectivity index (χ2n) is 6.47. The number of nitrogens with one attached hydrogen (secondary N) is 2. The molecule has 0 fully saturated rings. The Hall–Kier alpha value is -3.88. The van der Waals surface area contributed by atoms with Crippen LogP contribution in [0.15, 0.2) is 71.8 Å². The zero-order chi connectivity index (χ0) is 23.8. The van der Waals surface area contributed by atoms with Gasteiger partial charge < -0.3 is 14.8 Å². The van der Waals surface area contributed by atoms with Crippen LogP contribution >= 0.6 is 23.2 Å². The third kappa shape index (κ3) is 6.80. The van der Waals surface area contributed by atoms with Crippen molar-refractivity contribution >= 4 is 52.9 Å². The van der Waals surface area contributed by atoms with Gasteiger partial charge in [-0.25, -0.2) is 10.2 Å². The van der Waals surface area contributed by atoms with E-state index in [2.05, 4.69) is 15.8 Å². The minimum Gasteiger partial charge on any atom is -0.497 e. The Morgan fingerprint density at radius 2 is 1.67 bits per heavy atom. The van der Waals surface area contributed by atoms with Gasteiger partial charge in [0.05, 0.1) is 23.9 Å². The molecule has 3 rings (SSSR count). The zero-order valence-electron chi connectivity index (χ0n) is 17.2. The third-order valence-corrected chi connectivity index (χ3v) is 4.68. The summed E-state index contributed by atoms with van der Waals surface area (Å²) in [7, 11) is 1.49. The lowest BCUT2D eigenvalue weighted by atomic mass is 10.2. The van der Waals surface area contributed by atoms with Gasteiger partial charge in [-0.15, -0.1) is 0 Å². The van der Waals surface area contributed by atoms with Gasteiger partial charge in [-0.3, -0.25) is 9.59 Å². The fraction of sp³-hybridized carbons (Fsp3) is 0.0435. The van der Waals surface area contributed by atoms with Crippen LogP contribution in [0.1, 0.15) is 15.9 Å².